The molecular formula is C18H21N5O. The molecule has 4 heterocycles. The Labute approximate surface area is 140 Å². The van der Waals surface area contributed by atoms with Crippen LogP contribution in [0.25, 0.3) is 22.2 Å². The van der Waals surface area contributed by atoms with E-state index >= 15 is 0 Å². The van der Waals surface area contributed by atoms with Gasteiger partial charge < -0.3 is 10.5 Å². The molecule has 1 fully saturated rings. The second-order valence-electron chi connectivity index (χ2n) is 6.33. The van der Waals surface area contributed by atoms with E-state index in [0.717, 1.165) is 58.6 Å². The summed E-state index contributed by atoms with van der Waals surface area (Å²) in [4.78, 5) is 8.99. The lowest BCUT2D eigenvalue weighted by Crippen LogP contribution is -2.18. The molecule has 1 unspecified atom stereocenters. The average molecular weight is 323 g/mol. The van der Waals surface area contributed by atoms with Crippen LogP contribution in [-0.2, 0) is 4.74 Å². The highest BCUT2D eigenvalue weighted by Crippen LogP contribution is 2.30. The molecule has 2 N–H and O–H groups in total. The van der Waals surface area contributed by atoms with Gasteiger partial charge in [0.2, 0.25) is 0 Å². The monoisotopic (exact) mass is 323 g/mol. The van der Waals surface area contributed by atoms with E-state index in [2.05, 4.69) is 15.1 Å². The zero-order chi connectivity index (χ0) is 16.7. The maximum Gasteiger partial charge on any atom is 0.150 e. The number of fused-ring (bicyclic) bond motifs is 1. The molecule has 24 heavy (non-hydrogen) atoms. The number of pyridine rings is 2. The van der Waals surface area contributed by atoms with E-state index < -0.39 is 0 Å². The Hall–Kier alpha value is -2.47. The summed E-state index contributed by atoms with van der Waals surface area (Å²) in [6.45, 7) is 4.71. The van der Waals surface area contributed by atoms with Gasteiger partial charge in [0.1, 0.15) is 0 Å². The predicted molar refractivity (Wildman–Crippen MR) is 93.5 cm³/mol. The molecule has 0 amide bonds. The molecule has 3 aromatic heterocycles. The summed E-state index contributed by atoms with van der Waals surface area (Å²) in [7, 11) is 0. The van der Waals surface area contributed by atoms with Crippen molar-refractivity contribution >= 4 is 16.6 Å². The van der Waals surface area contributed by atoms with E-state index in [4.69, 9.17) is 10.5 Å². The molecule has 0 spiro atoms. The average Bonchev–Trinajstić information content (AvgIpc) is 3.04. The van der Waals surface area contributed by atoms with Crippen LogP contribution in [0.3, 0.4) is 0 Å². The summed E-state index contributed by atoms with van der Waals surface area (Å²) in [6, 6.07) is 2.04. The lowest BCUT2D eigenvalue weighted by molar-refractivity contribution is -0.0367. The number of hydrogen-bond acceptors (Lipinski definition) is 5. The zero-order valence-electron chi connectivity index (χ0n) is 14.0. The zero-order valence-corrected chi connectivity index (χ0v) is 14.0. The third-order valence-electron chi connectivity index (χ3n) is 4.77. The molecule has 1 aliphatic heterocycles. The van der Waals surface area contributed by atoms with Gasteiger partial charge in [0.15, 0.2) is 6.23 Å². The van der Waals surface area contributed by atoms with Gasteiger partial charge in [-0.25, -0.2) is 4.68 Å². The maximum absolute atomic E-state index is 6.11. The summed E-state index contributed by atoms with van der Waals surface area (Å²) < 4.78 is 7.78. The van der Waals surface area contributed by atoms with Crippen molar-refractivity contribution in [2.45, 2.75) is 39.3 Å². The summed E-state index contributed by atoms with van der Waals surface area (Å²) in [5, 5.41) is 5.57. The fourth-order valence-electron chi connectivity index (χ4n) is 3.24. The summed E-state index contributed by atoms with van der Waals surface area (Å²) in [6.07, 6.45) is 8.89. The molecule has 0 bridgehead atoms. The smallest absolute Gasteiger partial charge is 0.150 e. The molecule has 1 saturated heterocycles. The standard InChI is InChI=1S/C18H21N5O/c1-11-14(9-20-12(2)18(11)19)15-7-13-8-22-23(16(13)10-21-15)17-5-3-4-6-24-17/h7-10,17H,3-6,19H2,1-2H3. The maximum atomic E-state index is 6.11. The Morgan fingerprint density at radius 3 is 2.83 bits per heavy atom. The van der Waals surface area contributed by atoms with Gasteiger partial charge in [0.25, 0.3) is 0 Å². The second-order valence-corrected chi connectivity index (χ2v) is 6.33. The molecule has 3 aromatic rings. The molecular weight excluding hydrogens is 302 g/mol. The number of ether oxygens (including phenoxy) is 1. The van der Waals surface area contributed by atoms with Gasteiger partial charge in [0.05, 0.1) is 35.0 Å². The van der Waals surface area contributed by atoms with Crippen molar-refractivity contribution in [2.75, 3.05) is 12.3 Å². The Kier molecular flexibility index (Phi) is 3.69. The van der Waals surface area contributed by atoms with E-state index in [1.807, 2.05) is 43.2 Å². The van der Waals surface area contributed by atoms with Gasteiger partial charge in [0, 0.05) is 23.8 Å². The molecule has 124 valence electrons. The minimum Gasteiger partial charge on any atom is -0.397 e. The molecule has 0 aliphatic carbocycles. The highest BCUT2D eigenvalue weighted by Gasteiger charge is 2.19. The lowest BCUT2D eigenvalue weighted by Gasteiger charge is -2.23. The second kappa shape index (κ2) is 5.87. The quantitative estimate of drug-likeness (QED) is 0.782. The fraction of sp³-hybridized carbons (Fsp3) is 0.389. The third kappa shape index (κ3) is 2.43. The van der Waals surface area contributed by atoms with Crippen molar-refractivity contribution in [1.82, 2.24) is 19.7 Å². The number of rotatable bonds is 2. The van der Waals surface area contributed by atoms with Gasteiger partial charge in [-0.15, -0.1) is 0 Å². The molecule has 1 atom stereocenters. The highest BCUT2D eigenvalue weighted by atomic mass is 16.5. The van der Waals surface area contributed by atoms with Crippen LogP contribution in [0, 0.1) is 13.8 Å². The van der Waals surface area contributed by atoms with E-state index in [0.29, 0.717) is 0 Å². The number of nitrogens with two attached hydrogens (primary N) is 1. The van der Waals surface area contributed by atoms with Gasteiger partial charge in [-0.3, -0.25) is 9.97 Å². The fourth-order valence-corrected chi connectivity index (χ4v) is 3.24. The van der Waals surface area contributed by atoms with Crippen LogP contribution < -0.4 is 5.73 Å². The van der Waals surface area contributed by atoms with Crippen molar-refractivity contribution < 1.29 is 4.74 Å². The van der Waals surface area contributed by atoms with Crippen LogP contribution in [0.1, 0.15) is 36.7 Å². The van der Waals surface area contributed by atoms with Crippen molar-refractivity contribution in [3.63, 3.8) is 0 Å². The Balaban J connectivity index is 1.76. The third-order valence-corrected chi connectivity index (χ3v) is 4.77. The van der Waals surface area contributed by atoms with Gasteiger partial charge in [-0.05, 0) is 44.7 Å². The largest absolute Gasteiger partial charge is 0.397 e. The van der Waals surface area contributed by atoms with Gasteiger partial charge >= 0.3 is 0 Å². The molecule has 1 aliphatic rings. The number of aryl methyl sites for hydroxylation is 1. The highest BCUT2D eigenvalue weighted by molar-refractivity contribution is 5.83. The molecule has 0 aromatic carbocycles. The summed E-state index contributed by atoms with van der Waals surface area (Å²) in [5.74, 6) is 0. The van der Waals surface area contributed by atoms with E-state index in [9.17, 15) is 0 Å². The van der Waals surface area contributed by atoms with Gasteiger partial charge in [-0.1, -0.05) is 0 Å². The number of aromatic nitrogens is 4. The number of anilines is 1. The molecule has 0 radical (unpaired) electrons. The van der Waals surface area contributed by atoms with Crippen LogP contribution in [0.5, 0.6) is 0 Å². The van der Waals surface area contributed by atoms with E-state index in [1.165, 1.54) is 6.42 Å². The Morgan fingerprint density at radius 1 is 1.17 bits per heavy atom. The van der Waals surface area contributed by atoms with Crippen LogP contribution in [0.15, 0.2) is 24.7 Å². The SMILES string of the molecule is Cc1ncc(-c2cc3cnn(C4CCCCO4)c3cn2)c(C)c1N. The van der Waals surface area contributed by atoms with Crippen LogP contribution in [-0.4, -0.2) is 26.4 Å². The van der Waals surface area contributed by atoms with Crippen LogP contribution >= 0.6 is 0 Å². The van der Waals surface area contributed by atoms with E-state index in [1.54, 1.807) is 0 Å². The molecule has 4 rings (SSSR count). The van der Waals surface area contributed by atoms with Crippen LogP contribution in [0.2, 0.25) is 0 Å². The number of hydrogen-bond donors (Lipinski definition) is 1. The number of nitrogen functional groups attached to an aromatic ring is 1. The van der Waals surface area contributed by atoms with Crippen molar-refractivity contribution in [3.8, 4) is 11.3 Å². The lowest BCUT2D eigenvalue weighted by atomic mass is 10.0. The van der Waals surface area contributed by atoms with E-state index in [-0.39, 0.29) is 6.23 Å². The molecule has 6 nitrogen and oxygen atoms in total. The van der Waals surface area contributed by atoms with Crippen LogP contribution in [0.4, 0.5) is 5.69 Å². The first-order chi connectivity index (χ1) is 11.6. The first kappa shape index (κ1) is 15.1. The van der Waals surface area contributed by atoms with Gasteiger partial charge in [-0.2, -0.15) is 5.10 Å². The summed E-state index contributed by atoms with van der Waals surface area (Å²) >= 11 is 0. The minimum absolute atomic E-state index is 0.0160. The Bertz CT molecular complexity index is 896. The topological polar surface area (TPSA) is 78.8 Å². The number of nitrogens with zero attached hydrogens (tertiary/aromatic N) is 4. The van der Waals surface area contributed by atoms with Crippen molar-refractivity contribution in [1.29, 1.82) is 0 Å². The predicted octanol–water partition coefficient (Wildman–Crippen LogP) is 3.39. The summed E-state index contributed by atoms with van der Waals surface area (Å²) in [5.41, 5.74) is 11.5. The first-order valence-electron chi connectivity index (χ1n) is 8.32. The molecule has 6 heteroatoms. The van der Waals surface area contributed by atoms with Crippen molar-refractivity contribution in [3.05, 3.63) is 35.9 Å². The molecule has 0 saturated carbocycles. The normalized spacial score (nSPS) is 18.2. The first-order valence-corrected chi connectivity index (χ1v) is 8.32. The Morgan fingerprint density at radius 2 is 2.04 bits per heavy atom. The van der Waals surface area contributed by atoms with Crippen molar-refractivity contribution in [2.24, 2.45) is 0 Å². The minimum atomic E-state index is 0.0160.